The maximum Gasteiger partial charge on any atom is 0.332 e. The van der Waals surface area contributed by atoms with E-state index in [2.05, 4.69) is 6.92 Å². The summed E-state index contributed by atoms with van der Waals surface area (Å²) in [6, 6.07) is 0. The molecule has 154 valence electrons. The van der Waals surface area contributed by atoms with Crippen molar-refractivity contribution in [2.45, 2.75) is 135 Å². The van der Waals surface area contributed by atoms with Crippen molar-refractivity contribution in [1.82, 2.24) is 0 Å². The number of aliphatic hydroxyl groups is 1. The summed E-state index contributed by atoms with van der Waals surface area (Å²) in [6.45, 7) is 2.28. The molecule has 0 heterocycles. The summed E-state index contributed by atoms with van der Waals surface area (Å²) in [5, 5.41) is 17.7. The Morgan fingerprint density at radius 1 is 0.615 bits per heavy atom. The van der Waals surface area contributed by atoms with Gasteiger partial charge in [-0.1, -0.05) is 122 Å². The number of aliphatic hydroxyl groups excluding tert-OH is 1. The van der Waals surface area contributed by atoms with E-state index in [1.807, 2.05) is 0 Å². The van der Waals surface area contributed by atoms with Crippen molar-refractivity contribution in [2.75, 3.05) is 0 Å². The first-order chi connectivity index (χ1) is 12.2. The van der Waals surface area contributed by atoms with E-state index in [-0.39, 0.29) is 23.1 Å². The Morgan fingerprint density at radius 2 is 0.885 bits per heavy atom. The highest BCUT2D eigenvalue weighted by Gasteiger charge is 2.11. The van der Waals surface area contributed by atoms with Gasteiger partial charge in [0.25, 0.3) is 0 Å². The molecular weight excluding hydrogens is 337 g/mol. The highest BCUT2D eigenvalue weighted by atomic mass is 24.3. The monoisotopic (exact) mass is 382 g/mol. The molecule has 0 aromatic carbocycles. The van der Waals surface area contributed by atoms with Gasteiger partial charge >= 0.3 is 29.0 Å². The molecule has 0 aliphatic carbocycles. The summed E-state index contributed by atoms with van der Waals surface area (Å²) in [7, 11) is 0. The average Bonchev–Trinajstić information content (AvgIpc) is 2.60. The molecule has 0 aromatic heterocycles. The second-order valence-corrected chi connectivity index (χ2v) is 7.65. The average molecular weight is 383 g/mol. The van der Waals surface area contributed by atoms with Crippen molar-refractivity contribution in [3.05, 3.63) is 0 Å². The largest absolute Gasteiger partial charge is 0.479 e. The molecule has 0 saturated carbocycles. The van der Waals surface area contributed by atoms with Gasteiger partial charge in [-0.15, -0.1) is 0 Å². The van der Waals surface area contributed by atoms with Crippen molar-refractivity contribution in [3.63, 3.8) is 0 Å². The van der Waals surface area contributed by atoms with Crippen molar-refractivity contribution in [1.29, 1.82) is 0 Å². The molecule has 26 heavy (non-hydrogen) atoms. The van der Waals surface area contributed by atoms with E-state index in [4.69, 9.17) is 10.2 Å². The van der Waals surface area contributed by atoms with Crippen LogP contribution in [0.5, 0.6) is 0 Å². The molecule has 0 rings (SSSR count). The van der Waals surface area contributed by atoms with Crippen LogP contribution in [-0.2, 0) is 4.79 Å². The Labute approximate surface area is 178 Å². The molecular formula is C22H46MgO3. The standard InChI is InChI=1S/C22H44O3.Mg.2H/c1-2-3-4-5-6-7-8-9-10-11-12-13-14-15-16-17-18-19-20-21(23)22(24)25;;;/h21,23H,2-20H2,1H3,(H,24,25);;;. The number of hydrogen-bond donors (Lipinski definition) is 2. The second kappa shape index (κ2) is 23.2. The molecule has 0 fully saturated rings. The SMILES string of the molecule is CCCCCCCCCCCCCCCCCCCCC(O)C(=O)O.[MgH2]. The molecule has 1 atom stereocenters. The van der Waals surface area contributed by atoms with Gasteiger partial charge in [0.2, 0.25) is 0 Å². The molecule has 1 unspecified atom stereocenters. The summed E-state index contributed by atoms with van der Waals surface area (Å²) < 4.78 is 0. The molecule has 0 saturated heterocycles. The minimum atomic E-state index is -1.17. The first kappa shape index (κ1) is 28.4. The molecule has 0 amide bonds. The predicted octanol–water partition coefficient (Wildman–Crippen LogP) is 5.95. The first-order valence-electron chi connectivity index (χ1n) is 11.1. The van der Waals surface area contributed by atoms with Crippen LogP contribution in [0.15, 0.2) is 0 Å². The van der Waals surface area contributed by atoms with Crippen molar-refractivity contribution in [2.24, 2.45) is 0 Å². The van der Waals surface area contributed by atoms with Crippen LogP contribution in [0.3, 0.4) is 0 Å². The zero-order valence-corrected chi connectivity index (χ0v) is 16.8. The lowest BCUT2D eigenvalue weighted by molar-refractivity contribution is -0.146. The fourth-order valence-corrected chi connectivity index (χ4v) is 3.36. The van der Waals surface area contributed by atoms with E-state index >= 15 is 0 Å². The minimum absolute atomic E-state index is 0. The normalized spacial score (nSPS) is 11.9. The molecule has 0 radical (unpaired) electrons. The number of hydrogen-bond acceptors (Lipinski definition) is 2. The van der Waals surface area contributed by atoms with Gasteiger partial charge in [0, 0.05) is 0 Å². The number of rotatable bonds is 20. The molecule has 2 N–H and O–H groups in total. The number of aliphatic carboxylic acids is 1. The van der Waals surface area contributed by atoms with Gasteiger partial charge in [0.15, 0.2) is 6.10 Å². The van der Waals surface area contributed by atoms with Crippen LogP contribution >= 0.6 is 0 Å². The van der Waals surface area contributed by atoms with Gasteiger partial charge in [-0.2, -0.15) is 0 Å². The summed E-state index contributed by atoms with van der Waals surface area (Å²) in [5.74, 6) is -1.09. The Hall–Kier alpha value is 0.196. The third-order valence-electron chi connectivity index (χ3n) is 5.12. The fourth-order valence-electron chi connectivity index (χ4n) is 3.36. The van der Waals surface area contributed by atoms with Gasteiger partial charge in [0.1, 0.15) is 0 Å². The second-order valence-electron chi connectivity index (χ2n) is 7.65. The van der Waals surface area contributed by atoms with Crippen LogP contribution in [0.1, 0.15) is 129 Å². The molecule has 4 heteroatoms. The third-order valence-corrected chi connectivity index (χ3v) is 5.12. The fraction of sp³-hybridized carbons (Fsp3) is 0.955. The first-order valence-corrected chi connectivity index (χ1v) is 11.1. The Kier molecular flexibility index (Phi) is 25.4. The van der Waals surface area contributed by atoms with Crippen molar-refractivity contribution in [3.8, 4) is 0 Å². The van der Waals surface area contributed by atoms with Crippen molar-refractivity contribution >= 4 is 29.0 Å². The van der Waals surface area contributed by atoms with E-state index in [1.54, 1.807) is 0 Å². The lowest BCUT2D eigenvalue weighted by atomic mass is 10.0. The summed E-state index contributed by atoms with van der Waals surface area (Å²) in [6.07, 6.45) is 23.1. The maximum absolute atomic E-state index is 10.5. The van der Waals surface area contributed by atoms with Gasteiger partial charge in [0.05, 0.1) is 0 Å². The Bertz CT molecular complexity index is 285. The summed E-state index contributed by atoms with van der Waals surface area (Å²) in [4.78, 5) is 10.5. The number of carboxylic acids is 1. The molecule has 0 aromatic rings. The topological polar surface area (TPSA) is 57.5 Å². The van der Waals surface area contributed by atoms with E-state index in [9.17, 15) is 4.79 Å². The number of carbonyl (C=O) groups is 1. The molecule has 3 nitrogen and oxygen atoms in total. The van der Waals surface area contributed by atoms with Gasteiger partial charge in [-0.3, -0.25) is 0 Å². The number of carboxylic acid groups (broad SMARTS) is 1. The lowest BCUT2D eigenvalue weighted by Gasteiger charge is -2.05. The van der Waals surface area contributed by atoms with Crippen LogP contribution in [0.2, 0.25) is 0 Å². The zero-order valence-electron chi connectivity index (χ0n) is 16.8. The highest BCUT2D eigenvalue weighted by Crippen LogP contribution is 2.14. The Balaban J connectivity index is 0. The van der Waals surface area contributed by atoms with Crippen LogP contribution < -0.4 is 0 Å². The summed E-state index contributed by atoms with van der Waals surface area (Å²) >= 11 is 0. The van der Waals surface area contributed by atoms with E-state index < -0.39 is 12.1 Å². The van der Waals surface area contributed by atoms with Crippen LogP contribution in [0, 0.1) is 0 Å². The Morgan fingerprint density at radius 3 is 1.15 bits per heavy atom. The minimum Gasteiger partial charge on any atom is -0.479 e. The van der Waals surface area contributed by atoms with E-state index in [0.29, 0.717) is 6.42 Å². The molecule has 0 bridgehead atoms. The quantitative estimate of drug-likeness (QED) is 0.202. The smallest absolute Gasteiger partial charge is 0.332 e. The summed E-state index contributed by atoms with van der Waals surface area (Å²) in [5.41, 5.74) is 0. The van der Waals surface area contributed by atoms with Crippen LogP contribution in [0.25, 0.3) is 0 Å². The van der Waals surface area contributed by atoms with E-state index in [0.717, 1.165) is 12.8 Å². The van der Waals surface area contributed by atoms with Crippen LogP contribution in [0.4, 0.5) is 0 Å². The number of unbranched alkanes of at least 4 members (excludes halogenated alkanes) is 17. The van der Waals surface area contributed by atoms with E-state index in [1.165, 1.54) is 103 Å². The molecule has 0 spiro atoms. The van der Waals surface area contributed by atoms with Crippen LogP contribution in [-0.4, -0.2) is 45.3 Å². The third kappa shape index (κ3) is 22.2. The van der Waals surface area contributed by atoms with Crippen molar-refractivity contribution < 1.29 is 15.0 Å². The van der Waals surface area contributed by atoms with Gasteiger partial charge < -0.3 is 10.2 Å². The highest BCUT2D eigenvalue weighted by molar-refractivity contribution is 5.75. The predicted molar refractivity (Wildman–Crippen MR) is 116 cm³/mol. The van der Waals surface area contributed by atoms with Gasteiger partial charge in [-0.05, 0) is 6.42 Å². The molecule has 0 aliphatic rings. The zero-order chi connectivity index (χ0) is 18.6. The van der Waals surface area contributed by atoms with Gasteiger partial charge in [-0.25, -0.2) is 4.79 Å². The lowest BCUT2D eigenvalue weighted by Crippen LogP contribution is -2.18. The molecule has 0 aliphatic heterocycles. The maximum atomic E-state index is 10.5.